The Bertz CT molecular complexity index is 1100. The second-order valence-electron chi connectivity index (χ2n) is 8.35. The number of ether oxygens (including phenoxy) is 1. The van der Waals surface area contributed by atoms with Crippen LogP contribution in [0.25, 0.3) is 10.2 Å². The number of nitro groups is 1. The van der Waals surface area contributed by atoms with Crippen LogP contribution < -0.4 is 4.90 Å². The van der Waals surface area contributed by atoms with Crippen molar-refractivity contribution in [2.24, 2.45) is 0 Å². The second-order valence-corrected chi connectivity index (χ2v) is 9.36. The molecule has 3 aromatic rings. The van der Waals surface area contributed by atoms with E-state index in [0.717, 1.165) is 55.0 Å². The number of benzene rings is 2. The summed E-state index contributed by atoms with van der Waals surface area (Å²) in [4.78, 5) is 32.7. The first-order valence-corrected chi connectivity index (χ1v) is 11.9. The molecule has 174 valence electrons. The van der Waals surface area contributed by atoms with Gasteiger partial charge in [-0.25, -0.2) is 4.98 Å². The Morgan fingerprint density at radius 3 is 2.58 bits per heavy atom. The first-order chi connectivity index (χ1) is 15.9. The van der Waals surface area contributed by atoms with Gasteiger partial charge >= 0.3 is 0 Å². The van der Waals surface area contributed by atoms with Gasteiger partial charge in [0, 0.05) is 38.3 Å². The van der Waals surface area contributed by atoms with Gasteiger partial charge in [-0.2, -0.15) is 0 Å². The van der Waals surface area contributed by atoms with Crippen LogP contribution in [0.1, 0.15) is 23.1 Å². The highest BCUT2D eigenvalue weighted by molar-refractivity contribution is 7.22. The number of nitro benzene ring substituents is 1. The number of hydrogen-bond acceptors (Lipinski definition) is 7. The van der Waals surface area contributed by atoms with Crippen LogP contribution in [-0.4, -0.2) is 60.1 Å². The van der Waals surface area contributed by atoms with E-state index in [1.165, 1.54) is 34.6 Å². The fraction of sp³-hybridized carbons (Fsp3) is 0.417. The summed E-state index contributed by atoms with van der Waals surface area (Å²) in [6, 6.07) is 10.4. The fourth-order valence-electron chi connectivity index (χ4n) is 3.89. The van der Waals surface area contributed by atoms with Crippen molar-refractivity contribution in [2.75, 3.05) is 44.3 Å². The van der Waals surface area contributed by atoms with E-state index in [4.69, 9.17) is 9.72 Å². The highest BCUT2D eigenvalue weighted by Gasteiger charge is 2.21. The molecule has 1 aromatic heterocycles. The minimum Gasteiger partial charge on any atom is -0.379 e. The van der Waals surface area contributed by atoms with Crippen LogP contribution in [0.5, 0.6) is 0 Å². The van der Waals surface area contributed by atoms with Crippen molar-refractivity contribution in [2.45, 2.75) is 26.7 Å². The molecule has 1 aliphatic heterocycles. The monoisotopic (exact) mass is 468 g/mol. The summed E-state index contributed by atoms with van der Waals surface area (Å²) in [6.07, 6.45) is 1.00. The standard InChI is InChI=1S/C24H28N4O4S/c1-17-14-21-22(15-18(17)2)33-24(25-21)27(9-3-8-26-10-12-32-13-11-26)23(29)16-19-4-6-20(7-5-19)28(30)31/h4-7,14-15H,3,8-13,16H2,1-2H3. The first kappa shape index (κ1) is 23.3. The van der Waals surface area contributed by atoms with Crippen molar-refractivity contribution in [1.82, 2.24) is 9.88 Å². The SMILES string of the molecule is Cc1cc2nc(N(CCCN3CCOCC3)C(=O)Cc3ccc([N+](=O)[O-])cc3)sc2cc1C. The summed E-state index contributed by atoms with van der Waals surface area (Å²) in [7, 11) is 0. The van der Waals surface area contributed by atoms with Crippen molar-refractivity contribution in [3.05, 3.63) is 63.2 Å². The molecule has 0 radical (unpaired) electrons. The van der Waals surface area contributed by atoms with Gasteiger partial charge in [-0.3, -0.25) is 24.7 Å². The van der Waals surface area contributed by atoms with Crippen molar-refractivity contribution in [3.8, 4) is 0 Å². The van der Waals surface area contributed by atoms with E-state index in [-0.39, 0.29) is 18.0 Å². The van der Waals surface area contributed by atoms with Gasteiger partial charge in [0.25, 0.3) is 5.69 Å². The zero-order valence-corrected chi connectivity index (χ0v) is 19.8. The predicted molar refractivity (Wildman–Crippen MR) is 130 cm³/mol. The van der Waals surface area contributed by atoms with Crippen LogP contribution >= 0.6 is 11.3 Å². The van der Waals surface area contributed by atoms with Crippen LogP contribution in [0.3, 0.4) is 0 Å². The Morgan fingerprint density at radius 1 is 1.18 bits per heavy atom. The predicted octanol–water partition coefficient (Wildman–Crippen LogP) is 4.12. The lowest BCUT2D eigenvalue weighted by Gasteiger charge is -2.27. The lowest BCUT2D eigenvalue weighted by atomic mass is 10.1. The molecule has 0 aliphatic carbocycles. The van der Waals surface area contributed by atoms with Crippen LogP contribution in [-0.2, 0) is 16.0 Å². The Morgan fingerprint density at radius 2 is 1.88 bits per heavy atom. The van der Waals surface area contributed by atoms with E-state index in [0.29, 0.717) is 11.7 Å². The Balaban J connectivity index is 1.53. The molecule has 9 heteroatoms. The van der Waals surface area contributed by atoms with Gasteiger partial charge < -0.3 is 4.74 Å². The van der Waals surface area contributed by atoms with Crippen LogP contribution in [0.2, 0.25) is 0 Å². The van der Waals surface area contributed by atoms with Crippen molar-refractivity contribution >= 4 is 38.3 Å². The Hall–Kier alpha value is -2.88. The number of nitrogens with zero attached hydrogens (tertiary/aromatic N) is 4. The van der Waals surface area contributed by atoms with Gasteiger partial charge in [0.2, 0.25) is 5.91 Å². The molecule has 1 saturated heterocycles. The maximum absolute atomic E-state index is 13.3. The molecule has 2 heterocycles. The third-order valence-electron chi connectivity index (χ3n) is 5.99. The third kappa shape index (κ3) is 5.73. The van der Waals surface area contributed by atoms with Gasteiger partial charge in [-0.1, -0.05) is 23.5 Å². The maximum atomic E-state index is 13.3. The summed E-state index contributed by atoms with van der Waals surface area (Å²) < 4.78 is 6.48. The van der Waals surface area contributed by atoms with Crippen molar-refractivity contribution in [1.29, 1.82) is 0 Å². The number of morpholine rings is 1. The minimum atomic E-state index is -0.436. The number of non-ortho nitro benzene ring substituents is 1. The molecular weight excluding hydrogens is 440 g/mol. The second kappa shape index (κ2) is 10.4. The molecule has 1 fully saturated rings. The highest BCUT2D eigenvalue weighted by Crippen LogP contribution is 2.31. The molecule has 1 amide bonds. The van der Waals surface area contributed by atoms with E-state index in [1.807, 2.05) is 0 Å². The summed E-state index contributed by atoms with van der Waals surface area (Å²) in [5, 5.41) is 11.6. The number of thiazole rings is 1. The molecule has 33 heavy (non-hydrogen) atoms. The summed E-state index contributed by atoms with van der Waals surface area (Å²) in [5.41, 5.74) is 4.05. The fourth-order valence-corrected chi connectivity index (χ4v) is 4.98. The number of anilines is 1. The molecule has 0 N–H and O–H groups in total. The van der Waals surface area contributed by atoms with E-state index in [9.17, 15) is 14.9 Å². The average molecular weight is 469 g/mol. The van der Waals surface area contributed by atoms with E-state index >= 15 is 0 Å². The number of aromatic nitrogens is 1. The van der Waals surface area contributed by atoms with Crippen LogP contribution in [0, 0.1) is 24.0 Å². The van der Waals surface area contributed by atoms with Gasteiger partial charge in [0.15, 0.2) is 5.13 Å². The third-order valence-corrected chi connectivity index (χ3v) is 7.03. The first-order valence-electron chi connectivity index (χ1n) is 11.1. The largest absolute Gasteiger partial charge is 0.379 e. The zero-order chi connectivity index (χ0) is 23.4. The number of carbonyl (C=O) groups excluding carboxylic acids is 1. The number of aryl methyl sites for hydroxylation is 2. The van der Waals surface area contributed by atoms with Gasteiger partial charge in [-0.05, 0) is 49.1 Å². The topological polar surface area (TPSA) is 88.8 Å². The van der Waals surface area contributed by atoms with Crippen molar-refractivity contribution in [3.63, 3.8) is 0 Å². The zero-order valence-electron chi connectivity index (χ0n) is 19.0. The quantitative estimate of drug-likeness (QED) is 0.365. The minimum absolute atomic E-state index is 0.0190. The Kier molecular flexibility index (Phi) is 7.32. The van der Waals surface area contributed by atoms with E-state index in [1.54, 1.807) is 17.0 Å². The van der Waals surface area contributed by atoms with Crippen LogP contribution in [0.15, 0.2) is 36.4 Å². The molecule has 0 bridgehead atoms. The molecule has 0 spiro atoms. The normalized spacial score (nSPS) is 14.5. The number of rotatable bonds is 8. The highest BCUT2D eigenvalue weighted by atomic mass is 32.1. The molecule has 2 aromatic carbocycles. The average Bonchev–Trinajstić information content (AvgIpc) is 3.20. The number of hydrogen-bond donors (Lipinski definition) is 0. The summed E-state index contributed by atoms with van der Waals surface area (Å²) in [6.45, 7) is 8.93. The molecule has 0 saturated carbocycles. The maximum Gasteiger partial charge on any atom is 0.269 e. The summed E-state index contributed by atoms with van der Waals surface area (Å²) >= 11 is 1.53. The molecule has 8 nitrogen and oxygen atoms in total. The smallest absolute Gasteiger partial charge is 0.269 e. The van der Waals surface area contributed by atoms with Gasteiger partial charge in [-0.15, -0.1) is 0 Å². The lowest BCUT2D eigenvalue weighted by molar-refractivity contribution is -0.384. The lowest BCUT2D eigenvalue weighted by Crippen LogP contribution is -2.39. The number of amides is 1. The molecule has 1 aliphatic rings. The van der Waals surface area contributed by atoms with Gasteiger partial charge in [0.05, 0.1) is 34.8 Å². The number of fused-ring (bicyclic) bond motifs is 1. The van der Waals surface area contributed by atoms with Crippen LogP contribution in [0.4, 0.5) is 10.8 Å². The number of carbonyl (C=O) groups is 1. The van der Waals surface area contributed by atoms with Gasteiger partial charge in [0.1, 0.15) is 0 Å². The molecule has 0 unspecified atom stereocenters. The molecule has 4 rings (SSSR count). The molecule has 0 atom stereocenters. The molecular formula is C24H28N4O4S. The van der Waals surface area contributed by atoms with E-state index < -0.39 is 4.92 Å². The Labute approximate surface area is 196 Å². The summed E-state index contributed by atoms with van der Waals surface area (Å²) in [5.74, 6) is -0.0571. The van der Waals surface area contributed by atoms with Crippen molar-refractivity contribution < 1.29 is 14.5 Å². The van der Waals surface area contributed by atoms with E-state index in [2.05, 4.69) is 30.9 Å².